The summed E-state index contributed by atoms with van der Waals surface area (Å²) in [4.78, 5) is 0. The molecule has 0 aliphatic carbocycles. The fraction of sp³-hybridized carbons (Fsp3) is 0.625. The fourth-order valence-corrected chi connectivity index (χ4v) is 2.96. The van der Waals surface area contributed by atoms with Crippen LogP contribution in [0.1, 0.15) is 41.7 Å². The van der Waals surface area contributed by atoms with E-state index in [9.17, 15) is 0 Å². The highest BCUT2D eigenvalue weighted by Gasteiger charge is 2.25. The molecule has 1 rings (SSSR count). The molecule has 0 saturated carbocycles. The molecule has 0 atom stereocenters. The lowest BCUT2D eigenvalue weighted by Crippen LogP contribution is -2.35. The summed E-state index contributed by atoms with van der Waals surface area (Å²) in [5.41, 5.74) is 7.34. The van der Waals surface area contributed by atoms with Gasteiger partial charge in [0.15, 0.2) is 0 Å². The molecule has 0 bridgehead atoms. The number of nitrogens with one attached hydrogen (secondary N) is 1. The summed E-state index contributed by atoms with van der Waals surface area (Å²) in [5, 5.41) is 3.49. The molecule has 2 heteroatoms. The van der Waals surface area contributed by atoms with Gasteiger partial charge in [-0.05, 0) is 55.5 Å². The Morgan fingerprint density at radius 1 is 1.06 bits per heavy atom. The Kier molecular flexibility index (Phi) is 5.30. The first-order chi connectivity index (χ1) is 8.31. The summed E-state index contributed by atoms with van der Waals surface area (Å²) in [6.07, 6.45) is 0. The summed E-state index contributed by atoms with van der Waals surface area (Å²) < 4.78 is 0. The van der Waals surface area contributed by atoms with Gasteiger partial charge in [0.05, 0.1) is 0 Å². The normalized spacial score (nSPS) is 11.9. The van der Waals surface area contributed by atoms with Gasteiger partial charge in [-0.25, -0.2) is 0 Å². The van der Waals surface area contributed by atoms with Gasteiger partial charge in [-0.2, -0.15) is 12.6 Å². The van der Waals surface area contributed by atoms with E-state index in [-0.39, 0.29) is 5.41 Å². The first-order valence-corrected chi connectivity index (χ1v) is 7.34. The quantitative estimate of drug-likeness (QED) is 0.611. The lowest BCUT2D eigenvalue weighted by Gasteiger charge is -2.31. The molecule has 0 unspecified atom stereocenters. The molecule has 0 fully saturated rings. The zero-order valence-corrected chi connectivity index (χ0v) is 13.5. The van der Waals surface area contributed by atoms with Gasteiger partial charge >= 0.3 is 0 Å². The molecular weight excluding hydrogens is 238 g/mol. The van der Waals surface area contributed by atoms with Crippen molar-refractivity contribution in [1.82, 2.24) is 5.32 Å². The molecule has 18 heavy (non-hydrogen) atoms. The van der Waals surface area contributed by atoms with Gasteiger partial charge in [0.1, 0.15) is 0 Å². The van der Waals surface area contributed by atoms with Crippen LogP contribution in [-0.2, 0) is 5.41 Å². The van der Waals surface area contributed by atoms with Crippen LogP contribution >= 0.6 is 12.6 Å². The second kappa shape index (κ2) is 6.12. The Morgan fingerprint density at radius 2 is 1.56 bits per heavy atom. The second-order valence-electron chi connectivity index (χ2n) is 5.92. The molecule has 0 saturated heterocycles. The maximum Gasteiger partial charge on any atom is 0.00437 e. The first kappa shape index (κ1) is 15.6. The van der Waals surface area contributed by atoms with Gasteiger partial charge in [-0.15, -0.1) is 0 Å². The zero-order valence-electron chi connectivity index (χ0n) is 12.6. The molecule has 0 aliphatic rings. The number of aryl methyl sites for hydroxylation is 2. The maximum absolute atomic E-state index is 4.25. The topological polar surface area (TPSA) is 12.0 Å². The van der Waals surface area contributed by atoms with Gasteiger partial charge in [0.25, 0.3) is 0 Å². The predicted molar refractivity (Wildman–Crippen MR) is 85.1 cm³/mol. The second-order valence-corrected chi connectivity index (χ2v) is 6.37. The summed E-state index contributed by atoms with van der Waals surface area (Å²) in [7, 11) is 0. The van der Waals surface area contributed by atoms with Crippen molar-refractivity contribution in [3.8, 4) is 0 Å². The zero-order chi connectivity index (χ0) is 13.9. The van der Waals surface area contributed by atoms with Crippen molar-refractivity contribution in [3.63, 3.8) is 0 Å². The summed E-state index contributed by atoms with van der Waals surface area (Å²) in [6, 6.07) is 2.30. The molecule has 0 radical (unpaired) electrons. The van der Waals surface area contributed by atoms with E-state index in [0.29, 0.717) is 0 Å². The number of thiol groups is 1. The van der Waals surface area contributed by atoms with Crippen molar-refractivity contribution >= 4 is 12.6 Å². The Morgan fingerprint density at radius 3 is 2.00 bits per heavy atom. The number of hydrogen-bond donors (Lipinski definition) is 2. The van der Waals surface area contributed by atoms with Crippen LogP contribution in [0.3, 0.4) is 0 Å². The minimum absolute atomic E-state index is 0.161. The van der Waals surface area contributed by atoms with E-state index < -0.39 is 0 Å². The number of hydrogen-bond acceptors (Lipinski definition) is 2. The van der Waals surface area contributed by atoms with Crippen molar-refractivity contribution in [2.75, 3.05) is 18.8 Å². The summed E-state index contributed by atoms with van der Waals surface area (Å²) in [5.74, 6) is 0.890. The van der Waals surface area contributed by atoms with Crippen molar-refractivity contribution in [3.05, 3.63) is 33.9 Å². The van der Waals surface area contributed by atoms with Crippen LogP contribution in [0.25, 0.3) is 0 Å². The highest BCUT2D eigenvalue weighted by molar-refractivity contribution is 7.80. The minimum atomic E-state index is 0.161. The van der Waals surface area contributed by atoms with Gasteiger partial charge in [-0.1, -0.05) is 19.9 Å². The van der Waals surface area contributed by atoms with E-state index in [0.717, 1.165) is 18.8 Å². The molecule has 0 amide bonds. The third-order valence-corrected chi connectivity index (χ3v) is 4.12. The van der Waals surface area contributed by atoms with E-state index in [1.165, 1.54) is 27.8 Å². The van der Waals surface area contributed by atoms with Crippen molar-refractivity contribution in [2.24, 2.45) is 0 Å². The van der Waals surface area contributed by atoms with Crippen molar-refractivity contribution < 1.29 is 0 Å². The maximum atomic E-state index is 4.25. The summed E-state index contributed by atoms with van der Waals surface area (Å²) >= 11 is 4.25. The Labute approximate surface area is 118 Å². The van der Waals surface area contributed by atoms with Crippen LogP contribution in [-0.4, -0.2) is 18.8 Å². The van der Waals surface area contributed by atoms with Crippen LogP contribution < -0.4 is 5.32 Å². The van der Waals surface area contributed by atoms with Gasteiger partial charge in [0.2, 0.25) is 0 Å². The van der Waals surface area contributed by atoms with Crippen molar-refractivity contribution in [2.45, 2.75) is 47.0 Å². The molecule has 0 aromatic heterocycles. The SMILES string of the molecule is Cc1cc(C)c(C)c(C(C)(C)CNCCS)c1C. The Bertz CT molecular complexity index is 395. The average Bonchev–Trinajstić information content (AvgIpc) is 2.26. The van der Waals surface area contributed by atoms with E-state index in [2.05, 4.69) is 65.6 Å². The molecule has 102 valence electrons. The van der Waals surface area contributed by atoms with Crippen LogP contribution in [0.5, 0.6) is 0 Å². The van der Waals surface area contributed by atoms with Crippen LogP contribution in [0.2, 0.25) is 0 Å². The molecule has 1 aromatic rings. The van der Waals surface area contributed by atoms with Crippen LogP contribution in [0.4, 0.5) is 0 Å². The molecule has 0 heterocycles. The Balaban J connectivity index is 3.14. The van der Waals surface area contributed by atoms with Gasteiger partial charge in [0, 0.05) is 24.3 Å². The Hall–Kier alpha value is -0.470. The van der Waals surface area contributed by atoms with Gasteiger partial charge < -0.3 is 5.32 Å². The molecule has 1 N–H and O–H groups in total. The van der Waals surface area contributed by atoms with E-state index in [4.69, 9.17) is 0 Å². The van der Waals surface area contributed by atoms with E-state index >= 15 is 0 Å². The number of benzene rings is 1. The van der Waals surface area contributed by atoms with Crippen molar-refractivity contribution in [1.29, 1.82) is 0 Å². The minimum Gasteiger partial charge on any atom is -0.315 e. The summed E-state index contributed by atoms with van der Waals surface area (Å²) in [6.45, 7) is 15.5. The first-order valence-electron chi connectivity index (χ1n) is 6.70. The van der Waals surface area contributed by atoms with Crippen LogP contribution in [0, 0.1) is 27.7 Å². The third-order valence-electron chi connectivity index (χ3n) is 3.90. The van der Waals surface area contributed by atoms with Crippen LogP contribution in [0.15, 0.2) is 6.07 Å². The van der Waals surface area contributed by atoms with Gasteiger partial charge in [-0.3, -0.25) is 0 Å². The predicted octanol–water partition coefficient (Wildman–Crippen LogP) is 3.72. The molecule has 0 spiro atoms. The lowest BCUT2D eigenvalue weighted by molar-refractivity contribution is 0.473. The fourth-order valence-electron chi connectivity index (χ4n) is 2.80. The van der Waals surface area contributed by atoms with E-state index in [1.54, 1.807) is 0 Å². The average molecular weight is 265 g/mol. The lowest BCUT2D eigenvalue weighted by atomic mass is 9.77. The molecule has 0 aliphatic heterocycles. The largest absolute Gasteiger partial charge is 0.315 e. The smallest absolute Gasteiger partial charge is 0.00437 e. The third kappa shape index (κ3) is 3.30. The molecule has 1 nitrogen and oxygen atoms in total. The molecular formula is C16H27NS. The highest BCUT2D eigenvalue weighted by atomic mass is 32.1. The highest BCUT2D eigenvalue weighted by Crippen LogP contribution is 2.32. The van der Waals surface area contributed by atoms with E-state index in [1.807, 2.05) is 0 Å². The standard InChI is InChI=1S/C16H27NS/c1-11-9-12(2)14(4)15(13(11)3)16(5,6)10-17-7-8-18/h9,17-18H,7-8,10H2,1-6H3. The monoisotopic (exact) mass is 265 g/mol. The number of rotatable bonds is 5. The molecule has 1 aromatic carbocycles.